The van der Waals surface area contributed by atoms with Crippen molar-refractivity contribution in [1.82, 2.24) is 4.98 Å². The number of rotatable bonds is 7. The van der Waals surface area contributed by atoms with Crippen LogP contribution in [0.3, 0.4) is 0 Å². The van der Waals surface area contributed by atoms with Crippen molar-refractivity contribution in [2.24, 2.45) is 0 Å². The van der Waals surface area contributed by atoms with Crippen LogP contribution in [0.2, 0.25) is 0 Å². The molecule has 6 nitrogen and oxygen atoms in total. The van der Waals surface area contributed by atoms with Gasteiger partial charge in [-0.1, -0.05) is 24.3 Å². The molecule has 0 aliphatic carbocycles. The first-order valence-corrected chi connectivity index (χ1v) is 9.66. The number of hydrogen-bond donors (Lipinski definition) is 4. The Bertz CT molecular complexity index is 1310. The van der Waals surface area contributed by atoms with Crippen molar-refractivity contribution in [3.63, 3.8) is 0 Å². The largest absolute Gasteiger partial charge is 0.494 e. The van der Waals surface area contributed by atoms with Crippen molar-refractivity contribution in [2.45, 2.75) is 12.5 Å². The summed E-state index contributed by atoms with van der Waals surface area (Å²) < 4.78 is 55.2. The summed E-state index contributed by atoms with van der Waals surface area (Å²) in [5, 5.41) is 16.9. The van der Waals surface area contributed by atoms with Gasteiger partial charge in [0.25, 0.3) is 5.91 Å². The lowest BCUT2D eigenvalue weighted by atomic mass is 10.1. The summed E-state index contributed by atoms with van der Waals surface area (Å²) >= 11 is 0. The zero-order valence-corrected chi connectivity index (χ0v) is 16.8. The van der Waals surface area contributed by atoms with Gasteiger partial charge in [0.1, 0.15) is 5.75 Å². The van der Waals surface area contributed by atoms with E-state index in [1.165, 1.54) is 12.1 Å². The fraction of sp³-hybridized carbons (Fsp3) is 0.0870. The average molecular weight is 459 g/mol. The first-order valence-electron chi connectivity index (χ1n) is 9.66. The zero-order chi connectivity index (χ0) is 23.6. The lowest BCUT2D eigenvalue weighted by Gasteiger charge is -2.17. The number of aromatic amines is 1. The lowest BCUT2D eigenvalue weighted by molar-refractivity contribution is -0.253. The Hall–Kier alpha value is -4.21. The highest BCUT2D eigenvalue weighted by Crippen LogP contribution is 2.33. The van der Waals surface area contributed by atoms with Crippen LogP contribution in [0.25, 0.3) is 10.8 Å². The number of nitrogens with one attached hydrogen (secondary N) is 3. The van der Waals surface area contributed by atoms with Gasteiger partial charge in [0, 0.05) is 34.4 Å². The molecule has 170 valence electrons. The number of halogens is 4. The molecule has 1 aromatic heterocycles. The predicted octanol–water partition coefficient (Wildman–Crippen LogP) is 6.11. The van der Waals surface area contributed by atoms with Gasteiger partial charge >= 0.3 is 12.5 Å². The number of amides is 1. The molecule has 0 saturated carbocycles. The van der Waals surface area contributed by atoms with Crippen LogP contribution in [0.5, 0.6) is 11.6 Å². The van der Waals surface area contributed by atoms with Crippen LogP contribution < -0.4 is 15.4 Å². The van der Waals surface area contributed by atoms with Crippen LogP contribution in [0.4, 0.5) is 34.6 Å². The second-order valence-corrected chi connectivity index (χ2v) is 7.02. The third-order valence-electron chi connectivity index (χ3n) is 4.76. The second kappa shape index (κ2) is 8.73. The highest BCUT2D eigenvalue weighted by Gasteiger charge is 2.44. The molecule has 4 aromatic rings. The van der Waals surface area contributed by atoms with Crippen molar-refractivity contribution >= 4 is 33.7 Å². The molecular weight excluding hydrogens is 442 g/mol. The van der Waals surface area contributed by atoms with Gasteiger partial charge in [-0.15, -0.1) is 0 Å². The van der Waals surface area contributed by atoms with Crippen molar-refractivity contribution in [3.05, 3.63) is 78.5 Å². The van der Waals surface area contributed by atoms with Crippen molar-refractivity contribution in [3.8, 4) is 11.6 Å². The Morgan fingerprint density at radius 2 is 1.70 bits per heavy atom. The minimum atomic E-state index is -4.66. The molecule has 0 fully saturated rings. The number of carbonyl (C=O) groups is 1. The molecular formula is C23H17F4N3O3. The van der Waals surface area contributed by atoms with Gasteiger partial charge in [-0.3, -0.25) is 4.79 Å². The van der Waals surface area contributed by atoms with Crippen LogP contribution in [0.1, 0.15) is 10.4 Å². The maximum Gasteiger partial charge on any atom is 0.461 e. The third kappa shape index (κ3) is 4.69. The number of H-pyrrole nitrogens is 1. The smallest absolute Gasteiger partial charge is 0.461 e. The number of aromatic hydroxyl groups is 1. The fourth-order valence-corrected chi connectivity index (χ4v) is 3.23. The van der Waals surface area contributed by atoms with E-state index in [1.807, 2.05) is 0 Å². The Balaban J connectivity index is 1.56. The maximum atomic E-state index is 13.2. The number of anilines is 3. The molecule has 10 heteroatoms. The van der Waals surface area contributed by atoms with E-state index >= 15 is 0 Å². The van der Waals surface area contributed by atoms with E-state index in [2.05, 4.69) is 20.4 Å². The van der Waals surface area contributed by atoms with Crippen molar-refractivity contribution < 1.29 is 32.2 Å². The minimum Gasteiger partial charge on any atom is -0.494 e. The van der Waals surface area contributed by atoms with Gasteiger partial charge in [-0.05, 0) is 36.4 Å². The maximum absolute atomic E-state index is 13.2. The van der Waals surface area contributed by atoms with Gasteiger partial charge < -0.3 is 25.5 Å². The van der Waals surface area contributed by atoms with E-state index in [0.717, 1.165) is 12.1 Å². The Morgan fingerprint density at radius 1 is 0.970 bits per heavy atom. The Kier molecular flexibility index (Phi) is 5.82. The molecule has 1 heterocycles. The molecule has 0 atom stereocenters. The van der Waals surface area contributed by atoms with Gasteiger partial charge in [0.05, 0.1) is 11.3 Å². The topological polar surface area (TPSA) is 86.4 Å². The van der Waals surface area contributed by atoms with E-state index in [0.29, 0.717) is 22.1 Å². The van der Waals surface area contributed by atoms with E-state index < -0.39 is 24.2 Å². The van der Waals surface area contributed by atoms with Crippen LogP contribution in [-0.4, -0.2) is 28.5 Å². The van der Waals surface area contributed by atoms with Crippen molar-refractivity contribution in [1.29, 1.82) is 0 Å². The monoisotopic (exact) mass is 459 g/mol. The number of para-hydroxylation sites is 1. The predicted molar refractivity (Wildman–Crippen MR) is 116 cm³/mol. The van der Waals surface area contributed by atoms with E-state index in [-0.39, 0.29) is 17.1 Å². The van der Waals surface area contributed by atoms with Crippen LogP contribution in [-0.2, 0) is 0 Å². The molecule has 33 heavy (non-hydrogen) atoms. The quantitative estimate of drug-likeness (QED) is 0.251. The highest BCUT2D eigenvalue weighted by molar-refractivity contribution is 6.09. The number of benzene rings is 3. The zero-order valence-electron chi connectivity index (χ0n) is 16.8. The summed E-state index contributed by atoms with van der Waals surface area (Å²) in [5.74, 6) is -1.08. The molecule has 0 bridgehead atoms. The van der Waals surface area contributed by atoms with E-state index in [9.17, 15) is 27.5 Å². The molecule has 0 unspecified atom stereocenters. The summed E-state index contributed by atoms with van der Waals surface area (Å²) in [6.45, 7) is 0. The molecule has 1 amide bonds. The summed E-state index contributed by atoms with van der Waals surface area (Å²) in [6.07, 6.45) is -7.04. The number of fused-ring (bicyclic) bond motifs is 1. The van der Waals surface area contributed by atoms with E-state index in [4.69, 9.17) is 0 Å². The number of alkyl halides is 4. The second-order valence-electron chi connectivity index (χ2n) is 7.02. The first-order chi connectivity index (χ1) is 15.7. The summed E-state index contributed by atoms with van der Waals surface area (Å²) in [7, 11) is 0. The fourth-order valence-electron chi connectivity index (χ4n) is 3.23. The first kappa shape index (κ1) is 22.0. The average Bonchev–Trinajstić information content (AvgIpc) is 3.16. The Labute approximate surface area is 184 Å². The molecule has 0 aliphatic heterocycles. The van der Waals surface area contributed by atoms with Gasteiger partial charge in [-0.25, -0.2) is 0 Å². The molecule has 4 N–H and O–H groups in total. The highest BCUT2D eigenvalue weighted by atomic mass is 19.3. The molecule has 0 aliphatic rings. The lowest BCUT2D eigenvalue weighted by Crippen LogP contribution is -2.33. The third-order valence-corrected chi connectivity index (χ3v) is 4.76. The Morgan fingerprint density at radius 3 is 2.48 bits per heavy atom. The normalized spacial score (nSPS) is 11.5. The van der Waals surface area contributed by atoms with Crippen molar-refractivity contribution in [2.75, 3.05) is 10.6 Å². The molecule has 4 rings (SSSR count). The SMILES string of the molecule is O=C(Nc1cccc(OC(F)(F)C(F)F)c1)c1ccccc1Nc1cccc2c(O)[nH]cc12. The van der Waals surface area contributed by atoms with Gasteiger partial charge in [0.2, 0.25) is 0 Å². The number of aromatic nitrogens is 1. The summed E-state index contributed by atoms with van der Waals surface area (Å²) in [5.41, 5.74) is 1.39. The summed E-state index contributed by atoms with van der Waals surface area (Å²) in [6, 6.07) is 16.6. The van der Waals surface area contributed by atoms with Crippen LogP contribution in [0, 0.1) is 0 Å². The van der Waals surface area contributed by atoms with Crippen LogP contribution in [0.15, 0.2) is 72.9 Å². The molecule has 0 radical (unpaired) electrons. The summed E-state index contributed by atoms with van der Waals surface area (Å²) in [4.78, 5) is 15.6. The van der Waals surface area contributed by atoms with Crippen LogP contribution >= 0.6 is 0 Å². The standard InChI is InChI=1S/C23H17F4N3O3/c24-22(25)23(26,27)33-14-6-3-5-13(11-14)29-21(32)16-7-1-2-9-18(16)30-19-10-4-8-15-17(19)12-28-20(15)31/h1-12,22,28,30-31H,(H,29,32). The molecule has 3 aromatic carbocycles. The van der Waals surface area contributed by atoms with Gasteiger partial charge in [-0.2, -0.15) is 17.6 Å². The number of carbonyl (C=O) groups excluding carboxylic acids is 1. The van der Waals surface area contributed by atoms with E-state index in [1.54, 1.807) is 48.7 Å². The number of ether oxygens (including phenoxy) is 1. The number of hydrogen-bond acceptors (Lipinski definition) is 4. The minimum absolute atomic E-state index is 0.0131. The van der Waals surface area contributed by atoms with Gasteiger partial charge in [0.15, 0.2) is 5.88 Å². The molecule has 0 saturated heterocycles. The molecule has 0 spiro atoms.